The van der Waals surface area contributed by atoms with Gasteiger partial charge in [-0.15, -0.1) is 11.3 Å². The predicted octanol–water partition coefficient (Wildman–Crippen LogP) is 3.17. The van der Waals surface area contributed by atoms with Crippen molar-refractivity contribution in [2.75, 3.05) is 0 Å². The normalized spacial score (nSPS) is 10.3. The van der Waals surface area contributed by atoms with Gasteiger partial charge >= 0.3 is 0 Å². The Morgan fingerprint density at radius 1 is 1.47 bits per heavy atom. The van der Waals surface area contributed by atoms with Gasteiger partial charge in [0.1, 0.15) is 6.61 Å². The fourth-order valence-corrected chi connectivity index (χ4v) is 1.72. The van der Waals surface area contributed by atoms with Crippen LogP contribution in [-0.2, 0) is 6.61 Å². The number of aryl methyl sites for hydroxylation is 1. The highest BCUT2D eigenvalue weighted by molar-refractivity contribution is 7.07. The first-order valence-electron chi connectivity index (χ1n) is 4.52. The molecule has 1 heterocycles. The van der Waals surface area contributed by atoms with Gasteiger partial charge in [-0.25, -0.2) is 9.37 Å². The number of aromatic nitrogens is 1. The topological polar surface area (TPSA) is 22.1 Å². The average Bonchev–Trinajstić information content (AvgIpc) is 2.72. The van der Waals surface area contributed by atoms with Crippen molar-refractivity contribution < 1.29 is 9.13 Å². The largest absolute Gasteiger partial charge is 0.484 e. The second-order valence-corrected chi connectivity index (χ2v) is 3.92. The van der Waals surface area contributed by atoms with Crippen LogP contribution in [0.3, 0.4) is 0 Å². The van der Waals surface area contributed by atoms with Crippen LogP contribution in [0.5, 0.6) is 5.75 Å². The lowest BCUT2D eigenvalue weighted by atomic mass is 10.2. The molecule has 2 nitrogen and oxygen atoms in total. The molecular weight excluding hydrogens is 213 g/mol. The molecule has 0 radical (unpaired) electrons. The number of rotatable bonds is 3. The number of benzene rings is 1. The second-order valence-electron chi connectivity index (χ2n) is 3.20. The van der Waals surface area contributed by atoms with Crippen molar-refractivity contribution in [3.8, 4) is 5.75 Å². The van der Waals surface area contributed by atoms with E-state index in [-0.39, 0.29) is 11.6 Å². The summed E-state index contributed by atoms with van der Waals surface area (Å²) in [5.41, 5.74) is 3.52. The van der Waals surface area contributed by atoms with E-state index in [4.69, 9.17) is 4.74 Å². The Kier molecular flexibility index (Phi) is 2.97. The molecule has 0 N–H and O–H groups in total. The van der Waals surface area contributed by atoms with Crippen LogP contribution in [0.25, 0.3) is 0 Å². The third kappa shape index (κ3) is 2.53. The van der Waals surface area contributed by atoms with Crippen LogP contribution in [0.15, 0.2) is 29.1 Å². The minimum atomic E-state index is -0.337. The standard InChI is InChI=1S/C11H10FNOS/c1-8-2-3-10(12)11(4-8)14-5-9-6-15-7-13-9/h2-4,6-7H,5H2,1H3. The van der Waals surface area contributed by atoms with E-state index in [0.717, 1.165) is 11.3 Å². The van der Waals surface area contributed by atoms with Gasteiger partial charge in [0, 0.05) is 5.38 Å². The molecule has 1 aromatic carbocycles. The lowest BCUT2D eigenvalue weighted by Gasteiger charge is -2.06. The summed E-state index contributed by atoms with van der Waals surface area (Å²) in [4.78, 5) is 4.05. The molecule has 4 heteroatoms. The number of hydrogen-bond acceptors (Lipinski definition) is 3. The third-order valence-corrected chi connectivity index (χ3v) is 2.58. The smallest absolute Gasteiger partial charge is 0.165 e. The van der Waals surface area contributed by atoms with Gasteiger partial charge in [-0.05, 0) is 24.6 Å². The Morgan fingerprint density at radius 2 is 2.33 bits per heavy atom. The van der Waals surface area contributed by atoms with Gasteiger partial charge in [-0.1, -0.05) is 6.07 Å². The van der Waals surface area contributed by atoms with E-state index in [1.807, 2.05) is 12.3 Å². The van der Waals surface area contributed by atoms with Crippen molar-refractivity contribution in [1.82, 2.24) is 4.98 Å². The molecule has 78 valence electrons. The predicted molar refractivity (Wildman–Crippen MR) is 57.6 cm³/mol. The molecule has 0 aliphatic rings. The molecule has 0 aliphatic carbocycles. The Balaban J connectivity index is 2.07. The molecule has 0 bridgehead atoms. The molecule has 0 spiro atoms. The third-order valence-electron chi connectivity index (χ3n) is 1.95. The molecule has 2 aromatic rings. The van der Waals surface area contributed by atoms with E-state index in [1.165, 1.54) is 17.4 Å². The molecular formula is C11H10FNOS. The summed E-state index contributed by atoms with van der Waals surface area (Å²) in [6.07, 6.45) is 0. The van der Waals surface area contributed by atoms with Crippen molar-refractivity contribution >= 4 is 11.3 Å². The van der Waals surface area contributed by atoms with Crippen LogP contribution >= 0.6 is 11.3 Å². The molecule has 0 saturated heterocycles. The average molecular weight is 223 g/mol. The van der Waals surface area contributed by atoms with Gasteiger partial charge in [0.25, 0.3) is 0 Å². The van der Waals surface area contributed by atoms with Crippen molar-refractivity contribution in [2.45, 2.75) is 13.5 Å². The fraction of sp³-hybridized carbons (Fsp3) is 0.182. The van der Waals surface area contributed by atoms with E-state index in [0.29, 0.717) is 6.61 Å². The second kappa shape index (κ2) is 4.40. The van der Waals surface area contributed by atoms with Gasteiger partial charge < -0.3 is 4.74 Å². The number of halogens is 1. The van der Waals surface area contributed by atoms with Crippen molar-refractivity contribution in [3.63, 3.8) is 0 Å². The maximum absolute atomic E-state index is 13.3. The van der Waals surface area contributed by atoms with Gasteiger partial charge in [-0.3, -0.25) is 0 Å². The van der Waals surface area contributed by atoms with Gasteiger partial charge in [0.2, 0.25) is 0 Å². The van der Waals surface area contributed by atoms with E-state index in [1.54, 1.807) is 17.6 Å². The summed E-state index contributed by atoms with van der Waals surface area (Å²) < 4.78 is 18.6. The first-order valence-corrected chi connectivity index (χ1v) is 5.46. The molecule has 0 unspecified atom stereocenters. The van der Waals surface area contributed by atoms with Crippen LogP contribution in [0.2, 0.25) is 0 Å². The van der Waals surface area contributed by atoms with E-state index >= 15 is 0 Å². The van der Waals surface area contributed by atoms with Crippen molar-refractivity contribution in [2.24, 2.45) is 0 Å². The van der Waals surface area contributed by atoms with E-state index in [2.05, 4.69) is 4.98 Å². The van der Waals surface area contributed by atoms with E-state index in [9.17, 15) is 4.39 Å². The maximum Gasteiger partial charge on any atom is 0.165 e. The molecule has 2 rings (SSSR count). The molecule has 0 amide bonds. The molecule has 1 aromatic heterocycles. The number of hydrogen-bond donors (Lipinski definition) is 0. The van der Waals surface area contributed by atoms with Gasteiger partial charge in [0.15, 0.2) is 11.6 Å². The maximum atomic E-state index is 13.3. The lowest BCUT2D eigenvalue weighted by Crippen LogP contribution is -1.97. The number of nitrogens with zero attached hydrogens (tertiary/aromatic N) is 1. The quantitative estimate of drug-likeness (QED) is 0.797. The molecule has 0 fully saturated rings. The molecule has 15 heavy (non-hydrogen) atoms. The molecule has 0 saturated carbocycles. The molecule has 0 aliphatic heterocycles. The fourth-order valence-electron chi connectivity index (χ4n) is 1.18. The first kappa shape index (κ1) is 10.1. The summed E-state index contributed by atoms with van der Waals surface area (Å²) in [6, 6.07) is 4.80. The summed E-state index contributed by atoms with van der Waals surface area (Å²) in [7, 11) is 0. The van der Waals surface area contributed by atoms with Crippen LogP contribution in [0.4, 0.5) is 4.39 Å². The highest BCUT2D eigenvalue weighted by Crippen LogP contribution is 2.19. The lowest BCUT2D eigenvalue weighted by molar-refractivity contribution is 0.286. The Labute approximate surface area is 91.4 Å². The number of ether oxygens (including phenoxy) is 1. The molecule has 0 atom stereocenters. The minimum Gasteiger partial charge on any atom is -0.484 e. The van der Waals surface area contributed by atoms with Crippen molar-refractivity contribution in [3.05, 3.63) is 46.2 Å². The monoisotopic (exact) mass is 223 g/mol. The van der Waals surface area contributed by atoms with Crippen molar-refractivity contribution in [1.29, 1.82) is 0 Å². The zero-order valence-electron chi connectivity index (χ0n) is 8.24. The summed E-state index contributed by atoms with van der Waals surface area (Å²) in [5.74, 6) is -0.0566. The van der Waals surface area contributed by atoms with Gasteiger partial charge in [-0.2, -0.15) is 0 Å². The highest BCUT2D eigenvalue weighted by Gasteiger charge is 2.04. The first-order chi connectivity index (χ1) is 7.25. The summed E-state index contributed by atoms with van der Waals surface area (Å²) >= 11 is 1.50. The zero-order chi connectivity index (χ0) is 10.7. The summed E-state index contributed by atoms with van der Waals surface area (Å²) in [5, 5.41) is 1.88. The number of thiazole rings is 1. The minimum absolute atomic E-state index is 0.281. The highest BCUT2D eigenvalue weighted by atomic mass is 32.1. The van der Waals surface area contributed by atoms with Crippen LogP contribution in [0.1, 0.15) is 11.3 Å². The van der Waals surface area contributed by atoms with Crippen LogP contribution in [0, 0.1) is 12.7 Å². The Hall–Kier alpha value is -1.42. The van der Waals surface area contributed by atoms with Crippen LogP contribution < -0.4 is 4.74 Å². The SMILES string of the molecule is Cc1ccc(F)c(OCc2cscn2)c1. The summed E-state index contributed by atoms with van der Waals surface area (Å²) in [6.45, 7) is 2.21. The van der Waals surface area contributed by atoms with E-state index < -0.39 is 0 Å². The Bertz CT molecular complexity index is 442. The zero-order valence-corrected chi connectivity index (χ0v) is 9.05. The van der Waals surface area contributed by atoms with Gasteiger partial charge in [0.05, 0.1) is 11.2 Å². The van der Waals surface area contributed by atoms with Crippen LogP contribution in [-0.4, -0.2) is 4.98 Å². The Morgan fingerprint density at radius 3 is 3.07 bits per heavy atom.